The van der Waals surface area contributed by atoms with Crippen molar-refractivity contribution in [2.45, 2.75) is 19.8 Å². The lowest BCUT2D eigenvalue weighted by atomic mass is 10.1. The van der Waals surface area contributed by atoms with Crippen LogP contribution in [0, 0.1) is 6.92 Å². The summed E-state index contributed by atoms with van der Waals surface area (Å²) in [5.41, 5.74) is 3.33. The van der Waals surface area contributed by atoms with Crippen LogP contribution in [0.25, 0.3) is 0 Å². The minimum atomic E-state index is -0.297. The zero-order chi connectivity index (χ0) is 16.4. The standard InChI is InChI=1S/C15H14N4O3S/c1-9-4-5-10-11(7-9)14(22)19(13(10)21)6-2-3-12(20)17-15-18-16-8-23-15/h4-5,7-8H,2-3,6H2,1H3,(H,17,18,20). The Morgan fingerprint density at radius 3 is 2.78 bits per heavy atom. The Balaban J connectivity index is 1.56. The summed E-state index contributed by atoms with van der Waals surface area (Å²) in [4.78, 5) is 37.5. The molecular formula is C15H14N4O3S. The maximum absolute atomic E-state index is 12.3. The molecule has 3 amide bonds. The smallest absolute Gasteiger partial charge is 0.261 e. The maximum Gasteiger partial charge on any atom is 0.261 e. The number of aryl methyl sites for hydroxylation is 1. The predicted octanol–water partition coefficient (Wildman–Crippen LogP) is 1.86. The molecular weight excluding hydrogens is 316 g/mol. The molecule has 1 aliphatic heterocycles. The highest BCUT2D eigenvalue weighted by Gasteiger charge is 2.34. The Hall–Kier alpha value is -2.61. The second-order valence-corrected chi connectivity index (χ2v) is 6.04. The van der Waals surface area contributed by atoms with Gasteiger partial charge in [-0.25, -0.2) is 0 Å². The quantitative estimate of drug-likeness (QED) is 0.845. The number of carbonyl (C=O) groups is 3. The summed E-state index contributed by atoms with van der Waals surface area (Å²) in [6.45, 7) is 2.09. The largest absolute Gasteiger partial charge is 0.301 e. The van der Waals surface area contributed by atoms with Gasteiger partial charge in [0.05, 0.1) is 11.1 Å². The van der Waals surface area contributed by atoms with Crippen LogP contribution >= 0.6 is 11.3 Å². The van der Waals surface area contributed by atoms with Crippen LogP contribution in [0.3, 0.4) is 0 Å². The molecule has 0 saturated carbocycles. The lowest BCUT2D eigenvalue weighted by Gasteiger charge is -2.13. The average Bonchev–Trinajstić information content (AvgIpc) is 3.10. The third-order valence-electron chi connectivity index (χ3n) is 3.52. The van der Waals surface area contributed by atoms with Crippen LogP contribution < -0.4 is 5.32 Å². The van der Waals surface area contributed by atoms with Crippen molar-refractivity contribution in [2.24, 2.45) is 0 Å². The lowest BCUT2D eigenvalue weighted by molar-refractivity contribution is -0.116. The van der Waals surface area contributed by atoms with Crippen molar-refractivity contribution in [3.05, 3.63) is 40.4 Å². The zero-order valence-electron chi connectivity index (χ0n) is 12.4. The highest BCUT2D eigenvalue weighted by molar-refractivity contribution is 7.13. The van der Waals surface area contributed by atoms with Crippen LogP contribution in [0.5, 0.6) is 0 Å². The number of imide groups is 1. The van der Waals surface area contributed by atoms with E-state index in [9.17, 15) is 14.4 Å². The Morgan fingerprint density at radius 2 is 2.04 bits per heavy atom. The predicted molar refractivity (Wildman–Crippen MR) is 84.3 cm³/mol. The molecule has 0 unspecified atom stereocenters. The minimum absolute atomic E-state index is 0.200. The van der Waals surface area contributed by atoms with Gasteiger partial charge in [-0.1, -0.05) is 23.0 Å². The molecule has 7 nitrogen and oxygen atoms in total. The monoisotopic (exact) mass is 330 g/mol. The molecule has 3 rings (SSSR count). The molecule has 0 bridgehead atoms. The molecule has 0 radical (unpaired) electrons. The van der Waals surface area contributed by atoms with Crippen molar-refractivity contribution >= 4 is 34.2 Å². The van der Waals surface area contributed by atoms with E-state index in [4.69, 9.17) is 0 Å². The van der Waals surface area contributed by atoms with E-state index in [2.05, 4.69) is 15.5 Å². The van der Waals surface area contributed by atoms with E-state index >= 15 is 0 Å². The van der Waals surface area contributed by atoms with Crippen molar-refractivity contribution in [1.82, 2.24) is 15.1 Å². The molecule has 0 spiro atoms. The number of fused-ring (bicyclic) bond motifs is 1. The van der Waals surface area contributed by atoms with Crippen LogP contribution in [0.2, 0.25) is 0 Å². The van der Waals surface area contributed by atoms with Crippen molar-refractivity contribution in [2.75, 3.05) is 11.9 Å². The fraction of sp³-hybridized carbons (Fsp3) is 0.267. The van der Waals surface area contributed by atoms with Crippen molar-refractivity contribution < 1.29 is 14.4 Å². The summed E-state index contributed by atoms with van der Waals surface area (Å²) in [5.74, 6) is -0.804. The molecule has 23 heavy (non-hydrogen) atoms. The van der Waals surface area contributed by atoms with E-state index in [1.54, 1.807) is 12.1 Å². The van der Waals surface area contributed by atoms with Gasteiger partial charge in [-0.2, -0.15) is 0 Å². The van der Waals surface area contributed by atoms with Gasteiger partial charge in [0.2, 0.25) is 11.0 Å². The first-order valence-electron chi connectivity index (χ1n) is 7.09. The lowest BCUT2D eigenvalue weighted by Crippen LogP contribution is -2.31. The van der Waals surface area contributed by atoms with Gasteiger partial charge >= 0.3 is 0 Å². The van der Waals surface area contributed by atoms with Crippen LogP contribution in [-0.2, 0) is 4.79 Å². The molecule has 0 atom stereocenters. The van der Waals surface area contributed by atoms with Crippen molar-refractivity contribution in [3.63, 3.8) is 0 Å². The summed E-state index contributed by atoms with van der Waals surface area (Å²) in [6.07, 6.45) is 0.598. The Labute approximate surface area is 136 Å². The van der Waals surface area contributed by atoms with Gasteiger partial charge in [-0.3, -0.25) is 19.3 Å². The molecule has 1 aromatic heterocycles. The number of anilines is 1. The normalized spacial score (nSPS) is 13.3. The second kappa shape index (κ2) is 6.25. The average molecular weight is 330 g/mol. The molecule has 0 aliphatic carbocycles. The van der Waals surface area contributed by atoms with Gasteiger partial charge in [-0.15, -0.1) is 10.2 Å². The number of nitrogens with one attached hydrogen (secondary N) is 1. The number of amides is 3. The number of hydrogen-bond acceptors (Lipinski definition) is 6. The van der Waals surface area contributed by atoms with Gasteiger partial charge < -0.3 is 5.32 Å². The molecule has 1 aliphatic rings. The number of benzene rings is 1. The molecule has 2 aromatic rings. The third kappa shape index (κ3) is 3.11. The van der Waals surface area contributed by atoms with E-state index in [1.165, 1.54) is 21.7 Å². The molecule has 0 fully saturated rings. The number of rotatable bonds is 5. The second-order valence-electron chi connectivity index (χ2n) is 5.21. The maximum atomic E-state index is 12.3. The van der Waals surface area contributed by atoms with Gasteiger partial charge in [0, 0.05) is 13.0 Å². The van der Waals surface area contributed by atoms with Gasteiger partial charge in [0.1, 0.15) is 5.51 Å². The number of aromatic nitrogens is 2. The molecule has 1 N–H and O–H groups in total. The minimum Gasteiger partial charge on any atom is -0.301 e. The van der Waals surface area contributed by atoms with Gasteiger partial charge in [-0.05, 0) is 25.5 Å². The van der Waals surface area contributed by atoms with E-state index in [-0.39, 0.29) is 30.7 Å². The summed E-state index contributed by atoms with van der Waals surface area (Å²) in [5, 5.41) is 10.4. The highest BCUT2D eigenvalue weighted by atomic mass is 32.1. The van der Waals surface area contributed by atoms with Gasteiger partial charge in [0.25, 0.3) is 11.8 Å². The zero-order valence-corrected chi connectivity index (χ0v) is 13.2. The summed E-state index contributed by atoms with van der Waals surface area (Å²) in [7, 11) is 0. The Kier molecular flexibility index (Phi) is 4.16. The Morgan fingerprint density at radius 1 is 1.26 bits per heavy atom. The first-order valence-corrected chi connectivity index (χ1v) is 7.97. The van der Waals surface area contributed by atoms with E-state index in [0.29, 0.717) is 22.7 Å². The molecule has 1 aromatic carbocycles. The Bertz CT molecular complexity index is 773. The first-order chi connectivity index (χ1) is 11.1. The van der Waals surface area contributed by atoms with E-state index in [1.807, 2.05) is 13.0 Å². The third-order valence-corrected chi connectivity index (χ3v) is 4.12. The van der Waals surface area contributed by atoms with Crippen molar-refractivity contribution in [1.29, 1.82) is 0 Å². The van der Waals surface area contributed by atoms with Crippen LogP contribution in [0.1, 0.15) is 39.1 Å². The molecule has 118 valence electrons. The number of carbonyl (C=O) groups excluding carboxylic acids is 3. The molecule has 8 heteroatoms. The van der Waals surface area contributed by atoms with Crippen LogP contribution in [0.4, 0.5) is 5.13 Å². The number of hydrogen-bond donors (Lipinski definition) is 1. The number of nitrogens with zero attached hydrogens (tertiary/aromatic N) is 3. The van der Waals surface area contributed by atoms with Gasteiger partial charge in [0.15, 0.2) is 0 Å². The first kappa shape index (κ1) is 15.3. The molecule has 0 saturated heterocycles. The highest BCUT2D eigenvalue weighted by Crippen LogP contribution is 2.24. The van der Waals surface area contributed by atoms with Crippen LogP contribution in [0.15, 0.2) is 23.7 Å². The fourth-order valence-electron chi connectivity index (χ4n) is 2.41. The fourth-order valence-corrected chi connectivity index (χ4v) is 2.88. The topological polar surface area (TPSA) is 92.3 Å². The SMILES string of the molecule is Cc1ccc2c(c1)C(=O)N(CCCC(=O)Nc1nncs1)C2=O. The summed E-state index contributed by atoms with van der Waals surface area (Å²) >= 11 is 1.23. The van der Waals surface area contributed by atoms with E-state index in [0.717, 1.165) is 5.56 Å². The van der Waals surface area contributed by atoms with Crippen molar-refractivity contribution in [3.8, 4) is 0 Å². The summed E-state index contributed by atoms with van der Waals surface area (Å²) < 4.78 is 0. The van der Waals surface area contributed by atoms with Crippen LogP contribution in [-0.4, -0.2) is 39.4 Å². The molecule has 2 heterocycles. The summed E-state index contributed by atoms with van der Waals surface area (Å²) in [6, 6.07) is 5.20. The van der Waals surface area contributed by atoms with E-state index < -0.39 is 0 Å².